The number of allylic oxidation sites excluding steroid dienone is 1. The van der Waals surface area contributed by atoms with Crippen molar-refractivity contribution in [1.29, 1.82) is 5.26 Å². The van der Waals surface area contributed by atoms with Gasteiger partial charge in [0.2, 0.25) is 0 Å². The summed E-state index contributed by atoms with van der Waals surface area (Å²) in [6.45, 7) is 1.63. The van der Waals surface area contributed by atoms with Gasteiger partial charge in [0.05, 0.1) is 0 Å². The molecule has 5 heteroatoms. The van der Waals surface area contributed by atoms with Gasteiger partial charge in [0, 0.05) is 15.9 Å². The van der Waals surface area contributed by atoms with Crippen LogP contribution < -0.4 is 11.1 Å². The molecule has 0 aliphatic carbocycles. The number of hydrogen-bond donors (Lipinski definition) is 2. The summed E-state index contributed by atoms with van der Waals surface area (Å²) in [6, 6.07) is 9.12. The van der Waals surface area contributed by atoms with Crippen molar-refractivity contribution < 1.29 is 4.79 Å². The molecule has 0 aromatic heterocycles. The minimum absolute atomic E-state index is 0.0667. The van der Waals surface area contributed by atoms with Gasteiger partial charge in [-0.3, -0.25) is 4.79 Å². The van der Waals surface area contributed by atoms with Crippen LogP contribution in [0.3, 0.4) is 0 Å². The molecule has 0 spiro atoms. The second kappa shape index (κ2) is 5.33. The second-order valence-corrected chi connectivity index (χ2v) is 4.02. The van der Waals surface area contributed by atoms with Gasteiger partial charge in [0.15, 0.2) is 0 Å². The molecule has 1 amide bonds. The maximum atomic E-state index is 10.9. The highest BCUT2D eigenvalue weighted by Crippen LogP contribution is 2.16. The number of carbonyl (C=O) groups excluding carboxylic acids is 1. The Hall–Kier alpha value is -1.80. The molecule has 4 nitrogen and oxygen atoms in total. The van der Waals surface area contributed by atoms with E-state index in [0.29, 0.717) is 5.70 Å². The second-order valence-electron chi connectivity index (χ2n) is 3.11. The van der Waals surface area contributed by atoms with E-state index in [4.69, 9.17) is 11.0 Å². The van der Waals surface area contributed by atoms with Crippen molar-refractivity contribution in [3.63, 3.8) is 0 Å². The lowest BCUT2D eigenvalue weighted by Gasteiger charge is -2.07. The number of halogens is 1. The molecule has 0 heterocycles. The zero-order valence-electron chi connectivity index (χ0n) is 8.62. The molecule has 0 fully saturated rings. The Kier molecular flexibility index (Phi) is 4.09. The molecule has 0 unspecified atom stereocenters. The number of primary amides is 1. The standard InChI is InChI=1S/C11H10BrN3O/c1-7(10(6-13)11(14)16)15-9-4-2-8(12)3-5-9/h2-5,15H,1H3,(H2,14,16). The third kappa shape index (κ3) is 3.11. The number of nitrogens with zero attached hydrogens (tertiary/aromatic N) is 1. The molecule has 0 aliphatic heterocycles. The summed E-state index contributed by atoms with van der Waals surface area (Å²) in [5.74, 6) is -0.732. The van der Waals surface area contributed by atoms with Crippen molar-refractivity contribution in [2.75, 3.05) is 5.32 Å². The smallest absolute Gasteiger partial charge is 0.261 e. The lowest BCUT2D eigenvalue weighted by molar-refractivity contribution is -0.114. The zero-order valence-corrected chi connectivity index (χ0v) is 10.2. The molecule has 0 atom stereocenters. The van der Waals surface area contributed by atoms with E-state index in [9.17, 15) is 4.79 Å². The van der Waals surface area contributed by atoms with E-state index in [2.05, 4.69) is 21.2 Å². The van der Waals surface area contributed by atoms with Crippen LogP contribution in [0.5, 0.6) is 0 Å². The van der Waals surface area contributed by atoms with E-state index in [-0.39, 0.29) is 5.57 Å². The molecule has 82 valence electrons. The largest absolute Gasteiger partial charge is 0.365 e. The topological polar surface area (TPSA) is 78.9 Å². The number of carbonyl (C=O) groups is 1. The quantitative estimate of drug-likeness (QED) is 0.657. The van der Waals surface area contributed by atoms with Crippen LogP contribution in [0.15, 0.2) is 40.0 Å². The highest BCUT2D eigenvalue weighted by Gasteiger charge is 2.08. The Balaban J connectivity index is 2.93. The van der Waals surface area contributed by atoms with Crippen molar-refractivity contribution in [3.05, 3.63) is 40.0 Å². The maximum absolute atomic E-state index is 10.9. The van der Waals surface area contributed by atoms with Crippen LogP contribution in [0.4, 0.5) is 5.69 Å². The average Bonchev–Trinajstić information content (AvgIpc) is 2.22. The molecular formula is C11H10BrN3O. The molecule has 1 aromatic carbocycles. The number of nitriles is 1. The fourth-order valence-electron chi connectivity index (χ4n) is 1.14. The van der Waals surface area contributed by atoms with Gasteiger partial charge in [-0.1, -0.05) is 15.9 Å². The molecule has 0 aliphatic rings. The van der Waals surface area contributed by atoms with Crippen molar-refractivity contribution in [3.8, 4) is 6.07 Å². The normalized spacial score (nSPS) is 11.3. The molecule has 16 heavy (non-hydrogen) atoms. The number of rotatable bonds is 3. The Morgan fingerprint density at radius 3 is 2.44 bits per heavy atom. The number of amides is 1. The first-order valence-corrected chi connectivity index (χ1v) is 5.27. The predicted octanol–water partition coefficient (Wildman–Crippen LogP) is 2.14. The van der Waals surface area contributed by atoms with Crippen molar-refractivity contribution in [1.82, 2.24) is 0 Å². The molecule has 0 bridgehead atoms. The molecular weight excluding hydrogens is 270 g/mol. The monoisotopic (exact) mass is 279 g/mol. The average molecular weight is 280 g/mol. The molecule has 1 aromatic rings. The molecule has 0 saturated heterocycles. The minimum Gasteiger partial charge on any atom is -0.365 e. The lowest BCUT2D eigenvalue weighted by atomic mass is 10.2. The molecule has 0 saturated carbocycles. The number of anilines is 1. The minimum atomic E-state index is -0.732. The molecule has 1 rings (SSSR count). The summed E-state index contributed by atoms with van der Waals surface area (Å²) in [4.78, 5) is 10.9. The number of nitrogens with one attached hydrogen (secondary N) is 1. The summed E-state index contributed by atoms with van der Waals surface area (Å²) in [5.41, 5.74) is 6.22. The summed E-state index contributed by atoms with van der Waals surface area (Å²) in [6.07, 6.45) is 0. The van der Waals surface area contributed by atoms with Crippen LogP contribution >= 0.6 is 15.9 Å². The number of nitrogens with two attached hydrogens (primary N) is 1. The van der Waals surface area contributed by atoms with Crippen LogP contribution in [0.25, 0.3) is 0 Å². The van der Waals surface area contributed by atoms with Crippen LogP contribution in [-0.2, 0) is 4.79 Å². The first-order chi connectivity index (χ1) is 7.54. The van der Waals surface area contributed by atoms with Gasteiger partial charge in [-0.15, -0.1) is 0 Å². The Bertz CT molecular complexity index is 471. The molecule has 3 N–H and O–H groups in total. The third-order valence-corrected chi connectivity index (χ3v) is 2.44. The van der Waals surface area contributed by atoms with Crippen LogP contribution in [0.1, 0.15) is 6.92 Å². The number of hydrogen-bond acceptors (Lipinski definition) is 3. The van der Waals surface area contributed by atoms with E-state index in [1.165, 1.54) is 0 Å². The first kappa shape index (κ1) is 12.3. The van der Waals surface area contributed by atoms with Crippen LogP contribution in [-0.4, -0.2) is 5.91 Å². The molecule has 0 radical (unpaired) electrons. The Labute approximate surface area is 102 Å². The van der Waals surface area contributed by atoms with E-state index in [0.717, 1.165) is 10.2 Å². The highest BCUT2D eigenvalue weighted by atomic mass is 79.9. The van der Waals surface area contributed by atoms with Gasteiger partial charge in [-0.2, -0.15) is 5.26 Å². The Morgan fingerprint density at radius 1 is 1.44 bits per heavy atom. The van der Waals surface area contributed by atoms with Crippen molar-refractivity contribution >= 4 is 27.5 Å². The van der Waals surface area contributed by atoms with Gasteiger partial charge in [0.1, 0.15) is 11.6 Å². The van der Waals surface area contributed by atoms with Gasteiger partial charge in [0.25, 0.3) is 5.91 Å². The van der Waals surface area contributed by atoms with Crippen LogP contribution in [0, 0.1) is 11.3 Å². The predicted molar refractivity (Wildman–Crippen MR) is 65.3 cm³/mol. The van der Waals surface area contributed by atoms with Crippen molar-refractivity contribution in [2.45, 2.75) is 6.92 Å². The van der Waals surface area contributed by atoms with E-state index in [1.54, 1.807) is 13.0 Å². The highest BCUT2D eigenvalue weighted by molar-refractivity contribution is 9.10. The zero-order chi connectivity index (χ0) is 12.1. The SMILES string of the molecule is CC(Nc1ccc(Br)cc1)=C(C#N)C(N)=O. The first-order valence-electron chi connectivity index (χ1n) is 4.48. The summed E-state index contributed by atoms with van der Waals surface area (Å²) < 4.78 is 0.954. The van der Waals surface area contributed by atoms with Crippen LogP contribution in [0.2, 0.25) is 0 Å². The van der Waals surface area contributed by atoms with Gasteiger partial charge in [-0.05, 0) is 31.2 Å². The van der Waals surface area contributed by atoms with Gasteiger partial charge < -0.3 is 11.1 Å². The van der Waals surface area contributed by atoms with Crippen molar-refractivity contribution in [2.24, 2.45) is 5.73 Å². The third-order valence-electron chi connectivity index (χ3n) is 1.91. The summed E-state index contributed by atoms with van der Waals surface area (Å²) in [5, 5.41) is 11.7. The Morgan fingerprint density at radius 2 is 2.00 bits per heavy atom. The van der Waals surface area contributed by atoms with Gasteiger partial charge >= 0.3 is 0 Å². The van der Waals surface area contributed by atoms with E-state index < -0.39 is 5.91 Å². The van der Waals surface area contributed by atoms with Gasteiger partial charge in [-0.25, -0.2) is 0 Å². The summed E-state index contributed by atoms with van der Waals surface area (Å²) in [7, 11) is 0. The van der Waals surface area contributed by atoms with E-state index in [1.807, 2.05) is 24.3 Å². The fraction of sp³-hybridized carbons (Fsp3) is 0.0909. The number of benzene rings is 1. The fourth-order valence-corrected chi connectivity index (χ4v) is 1.40. The maximum Gasteiger partial charge on any atom is 0.261 e. The van der Waals surface area contributed by atoms with E-state index >= 15 is 0 Å². The lowest BCUT2D eigenvalue weighted by Crippen LogP contribution is -2.16. The summed E-state index contributed by atoms with van der Waals surface area (Å²) >= 11 is 3.31.